The molecule has 106 valence electrons. The van der Waals surface area contributed by atoms with E-state index in [9.17, 15) is 0 Å². The minimum atomic E-state index is -0.0228. The Morgan fingerprint density at radius 3 is 2.14 bits per heavy atom. The summed E-state index contributed by atoms with van der Waals surface area (Å²) in [6, 6.07) is 23.1. The SMILES string of the molecule is CC(c1ccccc1)C(N)c1ccc(Br)c2ccccc12. The van der Waals surface area contributed by atoms with Crippen molar-refractivity contribution in [2.45, 2.75) is 18.9 Å². The van der Waals surface area contributed by atoms with Crippen molar-refractivity contribution in [3.8, 4) is 0 Å². The van der Waals surface area contributed by atoms with Gasteiger partial charge in [0, 0.05) is 16.4 Å². The van der Waals surface area contributed by atoms with Crippen molar-refractivity contribution in [2.24, 2.45) is 5.73 Å². The molecule has 3 aromatic carbocycles. The van der Waals surface area contributed by atoms with E-state index in [0.29, 0.717) is 0 Å². The van der Waals surface area contributed by atoms with Crippen molar-refractivity contribution in [3.05, 3.63) is 82.3 Å². The van der Waals surface area contributed by atoms with Crippen LogP contribution in [0.15, 0.2) is 71.2 Å². The van der Waals surface area contributed by atoms with Crippen molar-refractivity contribution in [1.82, 2.24) is 0 Å². The van der Waals surface area contributed by atoms with Crippen molar-refractivity contribution < 1.29 is 0 Å². The summed E-state index contributed by atoms with van der Waals surface area (Å²) in [5.41, 5.74) is 9.05. The van der Waals surface area contributed by atoms with Crippen molar-refractivity contribution in [2.75, 3.05) is 0 Å². The molecule has 0 aliphatic rings. The van der Waals surface area contributed by atoms with Gasteiger partial charge in [-0.2, -0.15) is 0 Å². The lowest BCUT2D eigenvalue weighted by Gasteiger charge is -2.22. The van der Waals surface area contributed by atoms with E-state index < -0.39 is 0 Å². The highest BCUT2D eigenvalue weighted by Crippen LogP contribution is 2.35. The molecule has 2 atom stereocenters. The molecule has 0 aromatic heterocycles. The summed E-state index contributed by atoms with van der Waals surface area (Å²) in [5, 5.41) is 2.44. The van der Waals surface area contributed by atoms with E-state index in [2.05, 4.69) is 83.5 Å². The molecule has 0 fully saturated rings. The van der Waals surface area contributed by atoms with Crippen LogP contribution in [-0.4, -0.2) is 0 Å². The third kappa shape index (κ3) is 2.74. The minimum Gasteiger partial charge on any atom is -0.323 e. The Morgan fingerprint density at radius 2 is 1.43 bits per heavy atom. The number of hydrogen-bond acceptors (Lipinski definition) is 1. The Balaban J connectivity index is 2.06. The van der Waals surface area contributed by atoms with E-state index in [1.165, 1.54) is 21.9 Å². The molecule has 3 rings (SSSR count). The fourth-order valence-electron chi connectivity index (χ4n) is 2.81. The van der Waals surface area contributed by atoms with Crippen molar-refractivity contribution in [3.63, 3.8) is 0 Å². The molecule has 2 N–H and O–H groups in total. The molecule has 0 aliphatic heterocycles. The van der Waals surface area contributed by atoms with E-state index in [4.69, 9.17) is 5.73 Å². The third-order valence-corrected chi connectivity index (χ3v) is 4.82. The zero-order valence-corrected chi connectivity index (χ0v) is 13.5. The zero-order valence-electron chi connectivity index (χ0n) is 12.0. The molecular formula is C19H18BrN. The summed E-state index contributed by atoms with van der Waals surface area (Å²) in [7, 11) is 0. The summed E-state index contributed by atoms with van der Waals surface area (Å²) >= 11 is 3.62. The van der Waals surface area contributed by atoms with E-state index >= 15 is 0 Å². The molecule has 0 radical (unpaired) electrons. The topological polar surface area (TPSA) is 26.0 Å². The van der Waals surface area contributed by atoms with Gasteiger partial charge in [-0.1, -0.05) is 83.5 Å². The van der Waals surface area contributed by atoms with Crippen LogP contribution in [0, 0.1) is 0 Å². The molecule has 21 heavy (non-hydrogen) atoms. The van der Waals surface area contributed by atoms with Crippen LogP contribution >= 0.6 is 15.9 Å². The summed E-state index contributed by atoms with van der Waals surface area (Å²) in [4.78, 5) is 0. The van der Waals surface area contributed by atoms with Gasteiger partial charge in [-0.25, -0.2) is 0 Å². The lowest BCUT2D eigenvalue weighted by Crippen LogP contribution is -2.18. The second kappa shape index (κ2) is 6.00. The van der Waals surface area contributed by atoms with E-state index in [-0.39, 0.29) is 12.0 Å². The molecule has 0 heterocycles. The lowest BCUT2D eigenvalue weighted by atomic mass is 9.87. The standard InChI is InChI=1S/C19H18BrN/c1-13(14-7-3-2-4-8-14)19(21)17-11-12-18(20)16-10-6-5-9-15(16)17/h2-13,19H,21H2,1H3. The summed E-state index contributed by atoms with van der Waals surface area (Å²) in [5.74, 6) is 0.274. The van der Waals surface area contributed by atoms with Crippen LogP contribution in [0.5, 0.6) is 0 Å². The van der Waals surface area contributed by atoms with Gasteiger partial charge in [-0.3, -0.25) is 0 Å². The molecule has 0 amide bonds. The van der Waals surface area contributed by atoms with Crippen LogP contribution in [0.4, 0.5) is 0 Å². The minimum absolute atomic E-state index is 0.0228. The van der Waals surface area contributed by atoms with E-state index in [1.807, 2.05) is 6.07 Å². The van der Waals surface area contributed by atoms with Gasteiger partial charge in [-0.05, 0) is 28.0 Å². The molecule has 0 saturated heterocycles. The Labute approximate surface area is 133 Å². The fourth-order valence-corrected chi connectivity index (χ4v) is 3.29. The van der Waals surface area contributed by atoms with Gasteiger partial charge in [0.25, 0.3) is 0 Å². The third-order valence-electron chi connectivity index (χ3n) is 4.13. The number of fused-ring (bicyclic) bond motifs is 1. The van der Waals surface area contributed by atoms with Gasteiger partial charge in [0.1, 0.15) is 0 Å². The van der Waals surface area contributed by atoms with Crippen LogP contribution < -0.4 is 5.73 Å². The molecule has 2 heteroatoms. The molecule has 0 bridgehead atoms. The predicted molar refractivity (Wildman–Crippen MR) is 93.4 cm³/mol. The molecule has 0 spiro atoms. The Bertz CT molecular complexity index is 752. The van der Waals surface area contributed by atoms with Gasteiger partial charge < -0.3 is 5.73 Å². The summed E-state index contributed by atoms with van der Waals surface area (Å²) in [6.45, 7) is 2.19. The van der Waals surface area contributed by atoms with Crippen molar-refractivity contribution >= 4 is 26.7 Å². The zero-order chi connectivity index (χ0) is 14.8. The number of nitrogens with two attached hydrogens (primary N) is 1. The van der Waals surface area contributed by atoms with E-state index in [1.54, 1.807) is 0 Å². The highest BCUT2D eigenvalue weighted by molar-refractivity contribution is 9.10. The lowest BCUT2D eigenvalue weighted by molar-refractivity contribution is 0.602. The molecule has 2 unspecified atom stereocenters. The Kier molecular flexibility index (Phi) is 4.09. The summed E-state index contributed by atoms with van der Waals surface area (Å²) < 4.78 is 1.11. The highest BCUT2D eigenvalue weighted by atomic mass is 79.9. The maximum atomic E-state index is 6.57. The van der Waals surface area contributed by atoms with Crippen LogP contribution in [0.3, 0.4) is 0 Å². The first-order valence-corrected chi connectivity index (χ1v) is 7.95. The quantitative estimate of drug-likeness (QED) is 0.678. The molecule has 1 nitrogen and oxygen atoms in total. The largest absolute Gasteiger partial charge is 0.323 e. The highest BCUT2D eigenvalue weighted by Gasteiger charge is 2.19. The molecular weight excluding hydrogens is 322 g/mol. The number of hydrogen-bond donors (Lipinski definition) is 1. The Hall–Kier alpha value is -1.64. The summed E-state index contributed by atoms with van der Waals surface area (Å²) in [6.07, 6.45) is 0. The first kappa shape index (κ1) is 14.3. The monoisotopic (exact) mass is 339 g/mol. The first-order valence-electron chi connectivity index (χ1n) is 7.16. The fraction of sp³-hybridized carbons (Fsp3) is 0.158. The normalized spacial score (nSPS) is 14.0. The maximum absolute atomic E-state index is 6.57. The van der Waals surface area contributed by atoms with Gasteiger partial charge in [0.15, 0.2) is 0 Å². The predicted octanol–water partition coefficient (Wildman–Crippen LogP) is 5.41. The van der Waals surface area contributed by atoms with Gasteiger partial charge in [-0.15, -0.1) is 0 Å². The smallest absolute Gasteiger partial charge is 0.0368 e. The van der Waals surface area contributed by atoms with Crippen LogP contribution in [-0.2, 0) is 0 Å². The maximum Gasteiger partial charge on any atom is 0.0368 e. The van der Waals surface area contributed by atoms with Crippen LogP contribution in [0.25, 0.3) is 10.8 Å². The number of rotatable bonds is 3. The van der Waals surface area contributed by atoms with Crippen molar-refractivity contribution in [1.29, 1.82) is 0 Å². The second-order valence-electron chi connectivity index (χ2n) is 5.41. The van der Waals surface area contributed by atoms with Gasteiger partial charge >= 0.3 is 0 Å². The second-order valence-corrected chi connectivity index (χ2v) is 6.26. The molecule has 0 saturated carbocycles. The van der Waals surface area contributed by atoms with Crippen LogP contribution in [0.1, 0.15) is 30.0 Å². The van der Waals surface area contributed by atoms with Crippen LogP contribution in [0.2, 0.25) is 0 Å². The van der Waals surface area contributed by atoms with Gasteiger partial charge in [0.2, 0.25) is 0 Å². The van der Waals surface area contributed by atoms with E-state index in [0.717, 1.165) is 4.47 Å². The number of halogens is 1. The Morgan fingerprint density at radius 1 is 0.810 bits per heavy atom. The first-order chi connectivity index (χ1) is 10.2. The average Bonchev–Trinajstić information content (AvgIpc) is 2.55. The molecule has 0 aliphatic carbocycles. The average molecular weight is 340 g/mol. The number of benzene rings is 3. The molecule has 3 aromatic rings. The van der Waals surface area contributed by atoms with Gasteiger partial charge in [0.05, 0.1) is 0 Å².